The highest BCUT2D eigenvalue weighted by Gasteiger charge is 2.41. The monoisotopic (exact) mass is 285 g/mol. The Balaban J connectivity index is 2.18. The Kier molecular flexibility index (Phi) is 4.18. The van der Waals surface area contributed by atoms with Gasteiger partial charge in [-0.1, -0.05) is 47.5 Å². The summed E-state index contributed by atoms with van der Waals surface area (Å²) in [6.07, 6.45) is 5.61. The molecule has 0 spiro atoms. The van der Waals surface area contributed by atoms with E-state index in [4.69, 9.17) is 18.0 Å². The van der Waals surface area contributed by atoms with Gasteiger partial charge in [0.15, 0.2) is 0 Å². The SMILES string of the molecule is NC(=S)C1(C(=O)Nc2nnns2)CCCCCC1. The number of nitrogens with two attached hydrogens (primary N) is 1. The first-order valence-corrected chi connectivity index (χ1v) is 7.10. The van der Waals surface area contributed by atoms with Gasteiger partial charge in [-0.25, -0.2) is 0 Å². The van der Waals surface area contributed by atoms with E-state index in [0.29, 0.717) is 18.0 Å². The van der Waals surface area contributed by atoms with Crippen LogP contribution in [0.4, 0.5) is 5.13 Å². The molecule has 1 aromatic heterocycles. The van der Waals surface area contributed by atoms with Gasteiger partial charge in [0.2, 0.25) is 11.0 Å². The van der Waals surface area contributed by atoms with Crippen molar-refractivity contribution in [3.8, 4) is 0 Å². The number of hydrogen-bond donors (Lipinski definition) is 2. The zero-order valence-electron chi connectivity index (χ0n) is 9.89. The third-order valence-electron chi connectivity index (χ3n) is 3.38. The lowest BCUT2D eigenvalue weighted by molar-refractivity contribution is -0.122. The normalized spacial score (nSPS) is 18.9. The number of thiocarbonyl (C=S) groups is 1. The Morgan fingerprint density at radius 3 is 2.50 bits per heavy atom. The van der Waals surface area contributed by atoms with Gasteiger partial charge in [0.1, 0.15) is 0 Å². The molecule has 1 aliphatic carbocycles. The molecular formula is C10H15N5OS2. The van der Waals surface area contributed by atoms with Crippen LogP contribution in [0.5, 0.6) is 0 Å². The van der Waals surface area contributed by atoms with Crippen molar-refractivity contribution in [3.05, 3.63) is 0 Å². The number of amides is 1. The van der Waals surface area contributed by atoms with Gasteiger partial charge >= 0.3 is 0 Å². The van der Waals surface area contributed by atoms with Gasteiger partial charge in [0.05, 0.1) is 10.4 Å². The van der Waals surface area contributed by atoms with E-state index in [1.54, 1.807) is 0 Å². The van der Waals surface area contributed by atoms with Gasteiger partial charge < -0.3 is 5.73 Å². The molecule has 1 aliphatic rings. The number of aromatic nitrogens is 3. The van der Waals surface area contributed by atoms with E-state index >= 15 is 0 Å². The van der Waals surface area contributed by atoms with Crippen molar-refractivity contribution < 1.29 is 4.79 Å². The Morgan fingerprint density at radius 2 is 2.00 bits per heavy atom. The van der Waals surface area contributed by atoms with Crippen molar-refractivity contribution in [2.75, 3.05) is 5.32 Å². The summed E-state index contributed by atoms with van der Waals surface area (Å²) in [7, 11) is 0. The van der Waals surface area contributed by atoms with Gasteiger partial charge in [0.25, 0.3) is 0 Å². The molecule has 18 heavy (non-hydrogen) atoms. The first kappa shape index (κ1) is 13.3. The summed E-state index contributed by atoms with van der Waals surface area (Å²) in [5.41, 5.74) is 5.09. The van der Waals surface area contributed by atoms with Crippen molar-refractivity contribution in [3.63, 3.8) is 0 Å². The van der Waals surface area contributed by atoms with Gasteiger partial charge in [-0.05, 0) is 18.1 Å². The maximum atomic E-state index is 12.4. The second-order valence-electron chi connectivity index (χ2n) is 4.48. The molecule has 1 saturated carbocycles. The highest BCUT2D eigenvalue weighted by Crippen LogP contribution is 2.36. The summed E-state index contributed by atoms with van der Waals surface area (Å²) in [4.78, 5) is 12.7. The van der Waals surface area contributed by atoms with Gasteiger partial charge in [-0.3, -0.25) is 10.1 Å². The zero-order chi connectivity index (χ0) is 13.0. The lowest BCUT2D eigenvalue weighted by Gasteiger charge is -2.29. The topological polar surface area (TPSA) is 93.8 Å². The minimum absolute atomic E-state index is 0.171. The maximum Gasteiger partial charge on any atom is 0.239 e. The minimum Gasteiger partial charge on any atom is -0.392 e. The predicted octanol–water partition coefficient (Wildman–Crippen LogP) is 1.50. The third-order valence-corrected chi connectivity index (χ3v) is 4.29. The van der Waals surface area contributed by atoms with Gasteiger partial charge in [-0.15, -0.1) is 0 Å². The molecule has 3 N–H and O–H groups in total. The number of anilines is 1. The number of nitrogens with zero attached hydrogens (tertiary/aromatic N) is 3. The molecule has 1 heterocycles. The molecular weight excluding hydrogens is 270 g/mol. The van der Waals surface area contributed by atoms with Crippen LogP contribution < -0.4 is 11.1 Å². The van der Waals surface area contributed by atoms with E-state index in [0.717, 1.165) is 37.2 Å². The summed E-state index contributed by atoms with van der Waals surface area (Å²) in [5, 5.41) is 10.3. The quantitative estimate of drug-likeness (QED) is 0.645. The van der Waals surface area contributed by atoms with Crippen LogP contribution in [0.2, 0.25) is 0 Å². The van der Waals surface area contributed by atoms with Gasteiger partial charge in [0, 0.05) is 11.5 Å². The molecule has 1 fully saturated rings. The van der Waals surface area contributed by atoms with E-state index < -0.39 is 5.41 Å². The molecule has 8 heteroatoms. The lowest BCUT2D eigenvalue weighted by Crippen LogP contribution is -2.45. The van der Waals surface area contributed by atoms with Crippen molar-refractivity contribution in [2.45, 2.75) is 38.5 Å². The smallest absolute Gasteiger partial charge is 0.239 e. The molecule has 2 rings (SSSR count). The molecule has 98 valence electrons. The Bertz CT molecular complexity index is 425. The summed E-state index contributed by atoms with van der Waals surface area (Å²) >= 11 is 6.17. The van der Waals surface area contributed by atoms with E-state index in [1.165, 1.54) is 0 Å². The highest BCUT2D eigenvalue weighted by molar-refractivity contribution is 7.80. The minimum atomic E-state index is -0.739. The Labute approximate surface area is 114 Å². The van der Waals surface area contributed by atoms with Crippen LogP contribution in [0.3, 0.4) is 0 Å². The van der Waals surface area contributed by atoms with Crippen molar-refractivity contribution in [2.24, 2.45) is 11.1 Å². The van der Waals surface area contributed by atoms with Crippen molar-refractivity contribution in [1.82, 2.24) is 14.8 Å². The van der Waals surface area contributed by atoms with Crippen LogP contribution in [0.25, 0.3) is 0 Å². The molecule has 0 radical (unpaired) electrons. The van der Waals surface area contributed by atoms with Crippen molar-refractivity contribution >= 4 is 39.8 Å². The molecule has 0 unspecified atom stereocenters. The molecule has 0 aliphatic heterocycles. The largest absolute Gasteiger partial charge is 0.392 e. The summed E-state index contributed by atoms with van der Waals surface area (Å²) in [5.74, 6) is -0.171. The lowest BCUT2D eigenvalue weighted by atomic mass is 9.79. The molecule has 0 bridgehead atoms. The average Bonchev–Trinajstić information content (AvgIpc) is 2.70. The van der Waals surface area contributed by atoms with E-state index in [2.05, 4.69) is 20.1 Å². The number of carbonyl (C=O) groups is 1. The molecule has 6 nitrogen and oxygen atoms in total. The van der Waals surface area contributed by atoms with Crippen LogP contribution in [0.1, 0.15) is 38.5 Å². The number of rotatable bonds is 3. The van der Waals surface area contributed by atoms with Crippen LogP contribution in [-0.4, -0.2) is 25.7 Å². The average molecular weight is 285 g/mol. The first-order valence-electron chi connectivity index (χ1n) is 5.91. The highest BCUT2D eigenvalue weighted by atomic mass is 32.1. The van der Waals surface area contributed by atoms with E-state index in [-0.39, 0.29) is 10.9 Å². The maximum absolute atomic E-state index is 12.4. The standard InChI is InChI=1S/C10H15N5OS2/c11-7(17)10(5-3-1-2-4-6-10)8(16)12-9-13-14-15-18-9/h1-6H2,(H2,11,17)(H,12,13,15,16). The molecule has 1 amide bonds. The number of carbonyl (C=O) groups excluding carboxylic acids is 1. The Morgan fingerprint density at radius 1 is 1.33 bits per heavy atom. The molecule has 0 saturated heterocycles. The third kappa shape index (κ3) is 2.64. The fraction of sp³-hybridized carbons (Fsp3) is 0.700. The van der Waals surface area contributed by atoms with E-state index in [1.807, 2.05) is 0 Å². The van der Waals surface area contributed by atoms with Gasteiger partial charge in [-0.2, -0.15) is 0 Å². The predicted molar refractivity (Wildman–Crippen MR) is 73.3 cm³/mol. The molecule has 1 aromatic rings. The second kappa shape index (κ2) is 5.66. The molecule has 0 aromatic carbocycles. The fourth-order valence-corrected chi connectivity index (χ4v) is 2.97. The second-order valence-corrected chi connectivity index (χ2v) is 5.65. The zero-order valence-corrected chi connectivity index (χ0v) is 11.5. The van der Waals surface area contributed by atoms with Crippen LogP contribution >= 0.6 is 23.8 Å². The van der Waals surface area contributed by atoms with Crippen molar-refractivity contribution in [1.29, 1.82) is 0 Å². The summed E-state index contributed by atoms with van der Waals surface area (Å²) < 4.78 is 3.61. The van der Waals surface area contributed by atoms with Crippen LogP contribution in [-0.2, 0) is 4.79 Å². The first-order chi connectivity index (χ1) is 8.65. The van der Waals surface area contributed by atoms with E-state index in [9.17, 15) is 4.79 Å². The number of nitrogens with one attached hydrogen (secondary N) is 1. The fourth-order valence-electron chi connectivity index (χ4n) is 2.32. The number of hydrogen-bond acceptors (Lipinski definition) is 6. The summed E-state index contributed by atoms with van der Waals surface area (Å²) in [6.45, 7) is 0. The van der Waals surface area contributed by atoms with Crippen LogP contribution in [0.15, 0.2) is 0 Å². The van der Waals surface area contributed by atoms with Crippen LogP contribution in [0, 0.1) is 5.41 Å². The summed E-state index contributed by atoms with van der Waals surface area (Å²) in [6, 6.07) is 0. The molecule has 0 atom stereocenters. The Hall–Kier alpha value is -1.15.